The van der Waals surface area contributed by atoms with Gasteiger partial charge in [0.2, 0.25) is 0 Å². The molecule has 0 saturated carbocycles. The Morgan fingerprint density at radius 2 is 1.88 bits per heavy atom. The topological polar surface area (TPSA) is 26.3 Å². The van der Waals surface area contributed by atoms with Crippen LogP contribution in [-0.4, -0.2) is 12.6 Å². The summed E-state index contributed by atoms with van der Waals surface area (Å²) in [6.45, 7) is 1.92. The van der Waals surface area contributed by atoms with E-state index in [1.807, 2.05) is 6.07 Å². The maximum Gasteiger partial charge on any atom is 0.302 e. The van der Waals surface area contributed by atoms with Crippen LogP contribution in [0.1, 0.15) is 31.7 Å². The number of carbonyl (C=O) groups is 1. The molecule has 1 aromatic carbocycles. The number of benzene rings is 1. The van der Waals surface area contributed by atoms with E-state index in [0.29, 0.717) is 6.61 Å². The minimum Gasteiger partial charge on any atom is -0.466 e. The summed E-state index contributed by atoms with van der Waals surface area (Å²) in [5.41, 5.74) is 1.39. The largest absolute Gasteiger partial charge is 0.466 e. The summed E-state index contributed by atoms with van der Waals surface area (Å²) < 4.78 is 4.83. The molecular weight excluding hydrogens is 212 g/mol. The molecule has 0 radical (unpaired) electrons. The van der Waals surface area contributed by atoms with Gasteiger partial charge in [-0.25, -0.2) is 0 Å². The Balaban J connectivity index is 2.00. The third kappa shape index (κ3) is 7.34. The molecule has 0 fully saturated rings. The van der Waals surface area contributed by atoms with Crippen LogP contribution in [0.3, 0.4) is 0 Å². The van der Waals surface area contributed by atoms with Gasteiger partial charge in [-0.05, 0) is 31.2 Å². The van der Waals surface area contributed by atoms with E-state index >= 15 is 0 Å². The molecule has 0 spiro atoms. The van der Waals surface area contributed by atoms with Crippen molar-refractivity contribution in [1.29, 1.82) is 0 Å². The standard InChI is InChI=1S/C15H20O2/c1-14(16)17-13-9-4-2-3-6-10-15-11-7-5-8-12-15/h2,4-5,7-8,11-12H,3,6,9-10,13H2,1H3/b4-2+. The second-order valence-electron chi connectivity index (χ2n) is 3.98. The molecule has 0 aliphatic heterocycles. The van der Waals surface area contributed by atoms with Crippen LogP contribution in [0, 0.1) is 0 Å². The van der Waals surface area contributed by atoms with E-state index < -0.39 is 0 Å². The van der Waals surface area contributed by atoms with Gasteiger partial charge in [0.15, 0.2) is 0 Å². The monoisotopic (exact) mass is 232 g/mol. The normalized spacial score (nSPS) is 10.6. The van der Waals surface area contributed by atoms with Gasteiger partial charge < -0.3 is 4.74 Å². The molecule has 0 atom stereocenters. The van der Waals surface area contributed by atoms with E-state index in [1.54, 1.807) is 0 Å². The zero-order valence-electron chi connectivity index (χ0n) is 10.4. The van der Waals surface area contributed by atoms with Gasteiger partial charge in [-0.1, -0.05) is 42.5 Å². The van der Waals surface area contributed by atoms with Gasteiger partial charge in [0, 0.05) is 6.92 Å². The van der Waals surface area contributed by atoms with Crippen LogP contribution in [0.25, 0.3) is 0 Å². The van der Waals surface area contributed by atoms with Gasteiger partial charge in [0.25, 0.3) is 0 Å². The Bertz CT molecular complexity index is 341. The summed E-state index contributed by atoms with van der Waals surface area (Å²) >= 11 is 0. The first-order valence-electron chi connectivity index (χ1n) is 6.11. The van der Waals surface area contributed by atoms with Crippen LogP contribution in [0.4, 0.5) is 0 Å². The van der Waals surface area contributed by atoms with E-state index in [9.17, 15) is 4.79 Å². The van der Waals surface area contributed by atoms with Crippen LogP contribution in [0.15, 0.2) is 42.5 Å². The first-order valence-corrected chi connectivity index (χ1v) is 6.11. The highest BCUT2D eigenvalue weighted by Crippen LogP contribution is 2.05. The summed E-state index contributed by atoms with van der Waals surface area (Å²) in [6.07, 6.45) is 8.41. The average molecular weight is 232 g/mol. The van der Waals surface area contributed by atoms with Crippen LogP contribution < -0.4 is 0 Å². The maximum absolute atomic E-state index is 10.5. The molecule has 0 unspecified atom stereocenters. The molecule has 0 N–H and O–H groups in total. The Morgan fingerprint density at radius 3 is 2.59 bits per heavy atom. The molecule has 0 saturated heterocycles. The summed E-state index contributed by atoms with van der Waals surface area (Å²) in [5.74, 6) is -0.206. The number of hydrogen-bond acceptors (Lipinski definition) is 2. The SMILES string of the molecule is CC(=O)OCC/C=C/CCCc1ccccc1. The third-order valence-electron chi connectivity index (χ3n) is 2.44. The highest BCUT2D eigenvalue weighted by Gasteiger charge is 1.91. The minimum atomic E-state index is -0.206. The number of esters is 1. The van der Waals surface area contributed by atoms with E-state index in [0.717, 1.165) is 25.7 Å². The van der Waals surface area contributed by atoms with Gasteiger partial charge in [0.1, 0.15) is 0 Å². The fourth-order valence-electron chi connectivity index (χ4n) is 1.58. The number of carbonyl (C=O) groups excluding carboxylic acids is 1. The predicted octanol–water partition coefficient (Wildman–Crippen LogP) is 3.52. The number of unbranched alkanes of at least 4 members (excludes halogenated alkanes) is 1. The quantitative estimate of drug-likeness (QED) is 0.408. The van der Waals surface area contributed by atoms with Crippen molar-refractivity contribution in [3.8, 4) is 0 Å². The summed E-state index contributed by atoms with van der Waals surface area (Å²) in [4.78, 5) is 10.5. The molecule has 0 aliphatic rings. The third-order valence-corrected chi connectivity index (χ3v) is 2.44. The van der Waals surface area contributed by atoms with Crippen molar-refractivity contribution in [3.05, 3.63) is 48.0 Å². The number of rotatable bonds is 7. The second kappa shape index (κ2) is 8.57. The molecule has 2 nitrogen and oxygen atoms in total. The van der Waals surface area contributed by atoms with Crippen molar-refractivity contribution >= 4 is 5.97 Å². The van der Waals surface area contributed by atoms with Crippen LogP contribution in [0.5, 0.6) is 0 Å². The zero-order valence-corrected chi connectivity index (χ0v) is 10.4. The molecular formula is C15H20O2. The number of aryl methyl sites for hydroxylation is 1. The Hall–Kier alpha value is -1.57. The van der Waals surface area contributed by atoms with Gasteiger partial charge in [-0.3, -0.25) is 4.79 Å². The molecule has 0 aliphatic carbocycles. The second-order valence-corrected chi connectivity index (χ2v) is 3.98. The summed E-state index contributed by atoms with van der Waals surface area (Å²) in [7, 11) is 0. The van der Waals surface area contributed by atoms with Crippen molar-refractivity contribution in [1.82, 2.24) is 0 Å². The van der Waals surface area contributed by atoms with Gasteiger partial charge in [0.05, 0.1) is 6.61 Å². The fourth-order valence-corrected chi connectivity index (χ4v) is 1.58. The van der Waals surface area contributed by atoms with Crippen molar-refractivity contribution in [2.75, 3.05) is 6.61 Å². The van der Waals surface area contributed by atoms with Crippen LogP contribution in [-0.2, 0) is 16.0 Å². The molecule has 1 aromatic rings. The first kappa shape index (κ1) is 13.5. The lowest BCUT2D eigenvalue weighted by Gasteiger charge is -1.98. The number of allylic oxidation sites excluding steroid dienone is 1. The highest BCUT2D eigenvalue weighted by molar-refractivity contribution is 5.65. The lowest BCUT2D eigenvalue weighted by atomic mass is 10.1. The van der Waals surface area contributed by atoms with Crippen LogP contribution >= 0.6 is 0 Å². The van der Waals surface area contributed by atoms with E-state index in [1.165, 1.54) is 12.5 Å². The average Bonchev–Trinajstić information content (AvgIpc) is 2.33. The van der Waals surface area contributed by atoms with E-state index in [2.05, 4.69) is 36.4 Å². The molecule has 2 heteroatoms. The van der Waals surface area contributed by atoms with Gasteiger partial charge in [-0.2, -0.15) is 0 Å². The van der Waals surface area contributed by atoms with Gasteiger partial charge >= 0.3 is 5.97 Å². The first-order chi connectivity index (χ1) is 8.29. The minimum absolute atomic E-state index is 0.206. The lowest BCUT2D eigenvalue weighted by molar-refractivity contribution is -0.140. The predicted molar refractivity (Wildman–Crippen MR) is 69.8 cm³/mol. The molecule has 92 valence electrons. The molecule has 0 heterocycles. The molecule has 17 heavy (non-hydrogen) atoms. The van der Waals surface area contributed by atoms with E-state index in [4.69, 9.17) is 4.74 Å². The van der Waals surface area contributed by atoms with Crippen molar-refractivity contribution in [2.24, 2.45) is 0 Å². The van der Waals surface area contributed by atoms with Crippen molar-refractivity contribution < 1.29 is 9.53 Å². The van der Waals surface area contributed by atoms with Crippen molar-refractivity contribution in [3.63, 3.8) is 0 Å². The molecule has 0 amide bonds. The van der Waals surface area contributed by atoms with E-state index in [-0.39, 0.29) is 5.97 Å². The molecule has 0 bridgehead atoms. The zero-order chi connectivity index (χ0) is 12.3. The smallest absolute Gasteiger partial charge is 0.302 e. The molecule has 0 aromatic heterocycles. The fraction of sp³-hybridized carbons (Fsp3) is 0.400. The Labute approximate surface area is 103 Å². The van der Waals surface area contributed by atoms with Crippen molar-refractivity contribution in [2.45, 2.75) is 32.6 Å². The molecule has 1 rings (SSSR count). The number of hydrogen-bond donors (Lipinski definition) is 0. The van der Waals surface area contributed by atoms with Crippen LogP contribution in [0.2, 0.25) is 0 Å². The summed E-state index contributed by atoms with van der Waals surface area (Å²) in [5, 5.41) is 0. The maximum atomic E-state index is 10.5. The Morgan fingerprint density at radius 1 is 1.18 bits per heavy atom. The number of ether oxygens (including phenoxy) is 1. The van der Waals surface area contributed by atoms with Gasteiger partial charge in [-0.15, -0.1) is 0 Å². The Kier molecular flexibility index (Phi) is 6.80. The lowest BCUT2D eigenvalue weighted by Crippen LogP contribution is -1.98. The highest BCUT2D eigenvalue weighted by atomic mass is 16.5. The summed E-state index contributed by atoms with van der Waals surface area (Å²) in [6, 6.07) is 10.5.